The number of aromatic nitrogens is 1. The summed E-state index contributed by atoms with van der Waals surface area (Å²) in [5.41, 5.74) is 1.93. The number of aryl methyl sites for hydroxylation is 1. The fourth-order valence-electron chi connectivity index (χ4n) is 3.50. The van der Waals surface area contributed by atoms with Gasteiger partial charge in [-0.05, 0) is 73.7 Å². The van der Waals surface area contributed by atoms with E-state index in [1.165, 1.54) is 19.1 Å². The molecule has 3 aromatic rings. The average Bonchev–Trinajstić information content (AvgIpc) is 2.77. The summed E-state index contributed by atoms with van der Waals surface area (Å²) in [5.74, 6) is 1.15. The van der Waals surface area contributed by atoms with E-state index in [-0.39, 0.29) is 6.10 Å². The van der Waals surface area contributed by atoms with E-state index in [1.807, 2.05) is 19.1 Å². The van der Waals surface area contributed by atoms with E-state index in [0.29, 0.717) is 40.8 Å². The van der Waals surface area contributed by atoms with Crippen LogP contribution in [-0.2, 0) is 11.0 Å². The highest BCUT2D eigenvalue weighted by Crippen LogP contribution is 2.33. The normalized spacial score (nSPS) is 12.5. The predicted octanol–water partition coefficient (Wildman–Crippen LogP) is 7.56. The highest BCUT2D eigenvalue weighted by atomic mass is 19.4. The molecule has 1 heterocycles. The van der Waals surface area contributed by atoms with Gasteiger partial charge in [0.15, 0.2) is 0 Å². The molecule has 1 unspecified atom stereocenters. The van der Waals surface area contributed by atoms with Gasteiger partial charge in [0, 0.05) is 12.5 Å². The number of carbonyl (C=O) groups is 1. The number of esters is 1. The number of hydrogen-bond acceptors (Lipinski definition) is 4. The minimum atomic E-state index is -4.38. The summed E-state index contributed by atoms with van der Waals surface area (Å²) in [6.45, 7) is 7.43. The van der Waals surface area contributed by atoms with Gasteiger partial charge in [0.25, 0.3) is 0 Å². The Labute approximate surface area is 197 Å². The summed E-state index contributed by atoms with van der Waals surface area (Å²) >= 11 is 0. The lowest BCUT2D eigenvalue weighted by molar-refractivity contribution is -0.137. The van der Waals surface area contributed by atoms with Gasteiger partial charge < -0.3 is 9.47 Å². The van der Waals surface area contributed by atoms with E-state index in [0.717, 1.165) is 24.1 Å². The first-order valence-corrected chi connectivity index (χ1v) is 11.1. The summed E-state index contributed by atoms with van der Waals surface area (Å²) < 4.78 is 50.2. The molecule has 0 amide bonds. The van der Waals surface area contributed by atoms with Crippen LogP contribution >= 0.6 is 0 Å². The van der Waals surface area contributed by atoms with Crippen molar-refractivity contribution in [3.63, 3.8) is 0 Å². The molecule has 1 atom stereocenters. The van der Waals surface area contributed by atoms with E-state index in [9.17, 15) is 18.0 Å². The van der Waals surface area contributed by atoms with E-state index in [2.05, 4.69) is 13.8 Å². The smallest absolute Gasteiger partial charge is 0.416 e. The van der Waals surface area contributed by atoms with Gasteiger partial charge in [-0.3, -0.25) is 4.79 Å². The van der Waals surface area contributed by atoms with E-state index >= 15 is 0 Å². The Kier molecular flexibility index (Phi) is 7.97. The first-order valence-electron chi connectivity index (χ1n) is 11.1. The Hall–Kier alpha value is -3.35. The monoisotopic (exact) mass is 471 g/mol. The lowest BCUT2D eigenvalue weighted by Gasteiger charge is -2.21. The van der Waals surface area contributed by atoms with Crippen molar-refractivity contribution >= 4 is 5.97 Å². The molecule has 0 spiro atoms. The van der Waals surface area contributed by atoms with Crippen LogP contribution in [0.4, 0.5) is 13.2 Å². The minimum absolute atomic E-state index is 0.351. The zero-order chi connectivity index (χ0) is 24.9. The SMILES string of the molecule is CC(=O)Oc1ccc(OC(CCC(C)C)c2cccc(-c3ccc(C(F)(F)F)cc3)n2)cc1C. The zero-order valence-corrected chi connectivity index (χ0v) is 19.6. The number of rotatable bonds is 8. The van der Waals surface area contributed by atoms with Crippen LogP contribution in [0.25, 0.3) is 11.3 Å². The largest absolute Gasteiger partial charge is 0.484 e. The summed E-state index contributed by atoms with van der Waals surface area (Å²) in [5, 5.41) is 0. The second kappa shape index (κ2) is 10.7. The van der Waals surface area contributed by atoms with Crippen LogP contribution in [0.15, 0.2) is 60.7 Å². The van der Waals surface area contributed by atoms with Crippen molar-refractivity contribution in [1.29, 1.82) is 0 Å². The molecule has 0 N–H and O–H groups in total. The van der Waals surface area contributed by atoms with Gasteiger partial charge >= 0.3 is 12.1 Å². The topological polar surface area (TPSA) is 48.4 Å². The predicted molar refractivity (Wildman–Crippen MR) is 125 cm³/mol. The third kappa shape index (κ3) is 6.83. The molecule has 0 fully saturated rings. The fourth-order valence-corrected chi connectivity index (χ4v) is 3.50. The van der Waals surface area contributed by atoms with Crippen LogP contribution in [-0.4, -0.2) is 11.0 Å². The molecule has 180 valence electrons. The second-order valence-electron chi connectivity index (χ2n) is 8.62. The maximum Gasteiger partial charge on any atom is 0.416 e. The Bertz CT molecular complexity index is 1120. The Balaban J connectivity index is 1.87. The molecular formula is C27H28F3NO3. The number of hydrogen-bond donors (Lipinski definition) is 0. The van der Waals surface area contributed by atoms with Crippen molar-refractivity contribution in [1.82, 2.24) is 4.98 Å². The van der Waals surface area contributed by atoms with Crippen LogP contribution in [0.3, 0.4) is 0 Å². The highest BCUT2D eigenvalue weighted by molar-refractivity contribution is 5.70. The summed E-state index contributed by atoms with van der Waals surface area (Å²) in [4.78, 5) is 16.0. The van der Waals surface area contributed by atoms with Crippen molar-refractivity contribution in [2.45, 2.75) is 52.8 Å². The Morgan fingerprint density at radius 3 is 2.29 bits per heavy atom. The Morgan fingerprint density at radius 1 is 1.00 bits per heavy atom. The molecular weight excluding hydrogens is 443 g/mol. The van der Waals surface area contributed by atoms with Crippen LogP contribution < -0.4 is 9.47 Å². The summed E-state index contributed by atoms with van der Waals surface area (Å²) in [6, 6.07) is 15.7. The molecule has 0 bridgehead atoms. The molecule has 0 saturated carbocycles. The summed E-state index contributed by atoms with van der Waals surface area (Å²) in [7, 11) is 0. The van der Waals surface area contributed by atoms with Crippen molar-refractivity contribution in [2.75, 3.05) is 0 Å². The Morgan fingerprint density at radius 2 is 1.71 bits per heavy atom. The van der Waals surface area contributed by atoms with Gasteiger partial charge in [-0.1, -0.05) is 32.0 Å². The van der Waals surface area contributed by atoms with Gasteiger partial charge in [-0.15, -0.1) is 0 Å². The number of alkyl halides is 3. The number of halogens is 3. The third-order valence-corrected chi connectivity index (χ3v) is 5.29. The molecule has 0 radical (unpaired) electrons. The maximum atomic E-state index is 12.9. The van der Waals surface area contributed by atoms with Crippen molar-refractivity contribution in [3.05, 3.63) is 77.5 Å². The second-order valence-corrected chi connectivity index (χ2v) is 8.62. The molecule has 0 aliphatic carbocycles. The molecule has 0 aliphatic rings. The molecule has 1 aromatic heterocycles. The number of nitrogens with zero attached hydrogens (tertiary/aromatic N) is 1. The van der Waals surface area contributed by atoms with Gasteiger partial charge in [0.2, 0.25) is 0 Å². The van der Waals surface area contributed by atoms with Crippen LogP contribution in [0, 0.1) is 12.8 Å². The zero-order valence-electron chi connectivity index (χ0n) is 19.6. The van der Waals surface area contributed by atoms with Crippen LogP contribution in [0.5, 0.6) is 11.5 Å². The van der Waals surface area contributed by atoms with E-state index in [4.69, 9.17) is 14.5 Å². The third-order valence-electron chi connectivity index (χ3n) is 5.29. The molecule has 0 saturated heterocycles. The average molecular weight is 472 g/mol. The number of carbonyl (C=O) groups excluding carboxylic acids is 1. The molecule has 34 heavy (non-hydrogen) atoms. The van der Waals surface area contributed by atoms with Gasteiger partial charge in [0.1, 0.15) is 17.6 Å². The van der Waals surface area contributed by atoms with Crippen LogP contribution in [0.1, 0.15) is 56.5 Å². The number of benzene rings is 2. The molecule has 3 rings (SSSR count). The first kappa shape index (κ1) is 25.3. The molecule has 2 aromatic carbocycles. The van der Waals surface area contributed by atoms with Crippen molar-refractivity contribution < 1.29 is 27.4 Å². The quantitative estimate of drug-likeness (QED) is 0.251. The van der Waals surface area contributed by atoms with Gasteiger partial charge in [-0.2, -0.15) is 13.2 Å². The maximum absolute atomic E-state index is 12.9. The van der Waals surface area contributed by atoms with E-state index < -0.39 is 17.7 Å². The fraction of sp³-hybridized carbons (Fsp3) is 0.333. The summed E-state index contributed by atoms with van der Waals surface area (Å²) in [6.07, 6.45) is -3.12. The number of pyridine rings is 1. The first-order chi connectivity index (χ1) is 16.0. The minimum Gasteiger partial charge on any atom is -0.484 e. The van der Waals surface area contributed by atoms with Gasteiger partial charge in [-0.25, -0.2) is 4.98 Å². The van der Waals surface area contributed by atoms with Crippen molar-refractivity contribution in [3.8, 4) is 22.8 Å². The van der Waals surface area contributed by atoms with Crippen molar-refractivity contribution in [2.24, 2.45) is 5.92 Å². The highest BCUT2D eigenvalue weighted by Gasteiger charge is 2.30. The lowest BCUT2D eigenvalue weighted by Crippen LogP contribution is -2.11. The number of ether oxygens (including phenoxy) is 2. The molecule has 4 nitrogen and oxygen atoms in total. The molecule has 0 aliphatic heterocycles. The van der Waals surface area contributed by atoms with Gasteiger partial charge in [0.05, 0.1) is 17.0 Å². The van der Waals surface area contributed by atoms with Crippen LogP contribution in [0.2, 0.25) is 0 Å². The molecule has 7 heteroatoms. The van der Waals surface area contributed by atoms with E-state index in [1.54, 1.807) is 24.3 Å². The lowest BCUT2D eigenvalue weighted by atomic mass is 10.0. The standard InChI is InChI=1S/C27H28F3NO3/c1-17(2)8-14-26(34-22-13-15-25(18(3)16-22)33-19(4)32)24-7-5-6-23(31-24)20-9-11-21(12-10-20)27(28,29)30/h5-7,9-13,15-17,26H,8,14H2,1-4H3.